The molecule has 0 aromatic heterocycles. The molecule has 0 heterocycles. The third-order valence-electron chi connectivity index (χ3n) is 12.1. The SMILES string of the molecule is CC/C=C\C/C=C\C/C=C\C/C=C\C/C=C\C/C=C\C/C=C\C/C=C\CCCCC(=O)OC(COC(=O)CCCCCCCCCCCCCC/C=C\C/C=C\C/C=C\C/C=C\CC)COC(OCC[N+](C)(C)C)C(=O)[O-]. The largest absolute Gasteiger partial charge is 0.545 e. The summed E-state index contributed by atoms with van der Waals surface area (Å²) in [4.78, 5) is 37.3. The fraction of sp³-hybridized carbons (Fsp3) is 0.603. The molecule has 77 heavy (non-hydrogen) atoms. The lowest BCUT2D eigenvalue weighted by Crippen LogP contribution is -2.44. The van der Waals surface area contributed by atoms with Crippen molar-refractivity contribution in [1.82, 2.24) is 0 Å². The van der Waals surface area contributed by atoms with Crippen LogP contribution in [0.3, 0.4) is 0 Å². The number of quaternary nitrogens is 1. The Hall–Kier alpha value is -4.83. The molecule has 0 amide bonds. The quantitative estimate of drug-likeness (QED) is 0.0195. The zero-order chi connectivity index (χ0) is 56.2. The second kappa shape index (κ2) is 57.3. The molecule has 0 bridgehead atoms. The summed E-state index contributed by atoms with van der Waals surface area (Å²) in [5.74, 6) is -2.36. The summed E-state index contributed by atoms with van der Waals surface area (Å²) in [7, 11) is 5.89. The Balaban J connectivity index is 4.36. The molecule has 0 radical (unpaired) electrons. The van der Waals surface area contributed by atoms with Gasteiger partial charge in [-0.15, -0.1) is 0 Å². The van der Waals surface area contributed by atoms with Gasteiger partial charge >= 0.3 is 11.9 Å². The molecule has 0 spiro atoms. The van der Waals surface area contributed by atoms with E-state index in [4.69, 9.17) is 18.9 Å². The summed E-state index contributed by atoms with van der Waals surface area (Å²) in [6.07, 6.45) is 80.4. The van der Waals surface area contributed by atoms with Crippen LogP contribution in [0.15, 0.2) is 146 Å². The summed E-state index contributed by atoms with van der Waals surface area (Å²) in [6.45, 7) is 4.45. The van der Waals surface area contributed by atoms with Gasteiger partial charge in [-0.05, 0) is 116 Å². The molecule has 2 atom stereocenters. The number of carbonyl (C=O) groups is 3. The number of carbonyl (C=O) groups excluding carboxylic acids is 3. The molecule has 0 saturated carbocycles. The maximum Gasteiger partial charge on any atom is 0.306 e. The first kappa shape index (κ1) is 72.2. The van der Waals surface area contributed by atoms with Crippen LogP contribution in [0.1, 0.15) is 206 Å². The van der Waals surface area contributed by atoms with Crippen LogP contribution in [0, 0.1) is 0 Å². The summed E-state index contributed by atoms with van der Waals surface area (Å²) in [5.41, 5.74) is 0. The Morgan fingerprint density at radius 2 is 0.701 bits per heavy atom. The van der Waals surface area contributed by atoms with E-state index in [2.05, 4.69) is 160 Å². The van der Waals surface area contributed by atoms with Gasteiger partial charge in [-0.3, -0.25) is 9.59 Å². The highest BCUT2D eigenvalue weighted by atomic mass is 16.7. The van der Waals surface area contributed by atoms with Gasteiger partial charge in [-0.2, -0.15) is 0 Å². The van der Waals surface area contributed by atoms with Gasteiger partial charge in [0.2, 0.25) is 0 Å². The first-order chi connectivity index (χ1) is 37.6. The molecule has 0 aliphatic heterocycles. The van der Waals surface area contributed by atoms with Crippen LogP contribution in [0.25, 0.3) is 0 Å². The number of aliphatic carboxylic acids is 1. The van der Waals surface area contributed by atoms with Crippen molar-refractivity contribution in [3.05, 3.63) is 146 Å². The zero-order valence-corrected chi connectivity index (χ0v) is 49.3. The minimum Gasteiger partial charge on any atom is -0.545 e. The molecule has 0 aliphatic carbocycles. The smallest absolute Gasteiger partial charge is 0.306 e. The Bertz CT molecular complexity index is 1770. The van der Waals surface area contributed by atoms with Crippen molar-refractivity contribution in [2.45, 2.75) is 219 Å². The predicted molar refractivity (Wildman–Crippen MR) is 324 cm³/mol. The first-order valence-electron chi connectivity index (χ1n) is 30.0. The van der Waals surface area contributed by atoms with Crippen molar-refractivity contribution in [1.29, 1.82) is 0 Å². The van der Waals surface area contributed by atoms with Crippen LogP contribution < -0.4 is 5.11 Å². The number of ether oxygens (including phenoxy) is 4. The Kier molecular flexibility index (Phi) is 53.8. The van der Waals surface area contributed by atoms with Gasteiger partial charge in [0.05, 0.1) is 40.3 Å². The summed E-state index contributed by atoms with van der Waals surface area (Å²) in [6, 6.07) is 0. The third-order valence-corrected chi connectivity index (χ3v) is 12.1. The van der Waals surface area contributed by atoms with Gasteiger partial charge in [0.25, 0.3) is 0 Å². The van der Waals surface area contributed by atoms with E-state index in [0.29, 0.717) is 17.4 Å². The summed E-state index contributed by atoms with van der Waals surface area (Å²) >= 11 is 0. The lowest BCUT2D eigenvalue weighted by molar-refractivity contribution is -0.870. The molecule has 2 unspecified atom stereocenters. The Morgan fingerprint density at radius 3 is 1.06 bits per heavy atom. The van der Waals surface area contributed by atoms with Crippen molar-refractivity contribution in [3.63, 3.8) is 0 Å². The highest BCUT2D eigenvalue weighted by Crippen LogP contribution is 2.14. The molecule has 0 N–H and O–H groups in total. The highest BCUT2D eigenvalue weighted by molar-refractivity contribution is 5.70. The maximum atomic E-state index is 12.9. The normalized spacial score (nSPS) is 13.8. The molecule has 434 valence electrons. The number of carboxylic acid groups (broad SMARTS) is 1. The minimum absolute atomic E-state index is 0.130. The van der Waals surface area contributed by atoms with Crippen LogP contribution in [0.4, 0.5) is 0 Å². The molecule has 0 fully saturated rings. The second-order valence-electron chi connectivity index (χ2n) is 20.5. The highest BCUT2D eigenvalue weighted by Gasteiger charge is 2.22. The fourth-order valence-corrected chi connectivity index (χ4v) is 7.54. The van der Waals surface area contributed by atoms with Gasteiger partial charge in [0, 0.05) is 12.8 Å². The van der Waals surface area contributed by atoms with Crippen molar-refractivity contribution in [2.24, 2.45) is 0 Å². The van der Waals surface area contributed by atoms with Gasteiger partial charge in [-0.25, -0.2) is 0 Å². The average molecular weight is 1070 g/mol. The molecule has 0 aliphatic rings. The lowest BCUT2D eigenvalue weighted by Gasteiger charge is -2.26. The molecule has 9 heteroatoms. The number of hydrogen-bond acceptors (Lipinski definition) is 8. The number of allylic oxidation sites excluding steroid dienone is 24. The average Bonchev–Trinajstić information content (AvgIpc) is 3.40. The van der Waals surface area contributed by atoms with Gasteiger partial charge in [0.1, 0.15) is 13.2 Å². The van der Waals surface area contributed by atoms with E-state index in [1.807, 2.05) is 21.1 Å². The fourth-order valence-electron chi connectivity index (χ4n) is 7.54. The number of nitrogens with zero attached hydrogens (tertiary/aromatic N) is 1. The summed E-state index contributed by atoms with van der Waals surface area (Å²) in [5, 5.41) is 11.8. The zero-order valence-electron chi connectivity index (χ0n) is 49.3. The van der Waals surface area contributed by atoms with Gasteiger partial charge in [0.15, 0.2) is 12.4 Å². The van der Waals surface area contributed by atoms with Crippen LogP contribution in [0.5, 0.6) is 0 Å². The standard InChI is InChI=1S/C68H109NO8/c1-6-8-10-12-14-16-18-20-22-24-26-28-30-32-33-35-37-39-41-43-45-47-49-51-53-55-57-59-66(71)77-64(63-76-68(67(72)73)74-61-60-69(3,4)5)62-75-65(70)58-56-54-52-50-48-46-44-42-40-38-36-34-31-29-27-25-23-21-19-17-15-13-11-9-7-2/h8-11,14-17,20-23,26-29,32-33,37,39,43,45,49,51,64,68H,6-7,12-13,18-19,24-25,30-31,34-36,38,40-42,44,46-48,50,52-63H2,1-5H3/b10-8-,11-9-,16-14-,17-15-,22-20-,23-21-,28-26-,29-27-,33-32-,39-37-,45-43-,51-49-. The van der Waals surface area contributed by atoms with E-state index in [0.717, 1.165) is 116 Å². The monoisotopic (exact) mass is 1070 g/mol. The van der Waals surface area contributed by atoms with Crippen molar-refractivity contribution < 1.29 is 42.9 Å². The summed E-state index contributed by atoms with van der Waals surface area (Å²) < 4.78 is 22.7. The first-order valence-corrected chi connectivity index (χ1v) is 30.0. The van der Waals surface area contributed by atoms with E-state index in [-0.39, 0.29) is 38.6 Å². The number of rotatable bonds is 53. The predicted octanol–water partition coefficient (Wildman–Crippen LogP) is 16.7. The molecule has 0 saturated heterocycles. The van der Waals surface area contributed by atoms with Crippen molar-refractivity contribution in [2.75, 3.05) is 47.5 Å². The maximum absolute atomic E-state index is 12.9. The Morgan fingerprint density at radius 1 is 0.390 bits per heavy atom. The van der Waals surface area contributed by atoms with Gasteiger partial charge in [-0.1, -0.05) is 224 Å². The van der Waals surface area contributed by atoms with Gasteiger partial charge < -0.3 is 33.3 Å². The number of carboxylic acids is 1. The van der Waals surface area contributed by atoms with E-state index in [1.165, 1.54) is 57.8 Å². The minimum atomic E-state index is -1.64. The van der Waals surface area contributed by atoms with E-state index >= 15 is 0 Å². The van der Waals surface area contributed by atoms with Crippen LogP contribution in [0.2, 0.25) is 0 Å². The van der Waals surface area contributed by atoms with Crippen molar-refractivity contribution in [3.8, 4) is 0 Å². The molecular weight excluding hydrogens is 959 g/mol. The number of likely N-dealkylation sites (N-methyl/N-ethyl adjacent to an activating group) is 1. The third kappa shape index (κ3) is 58.7. The van der Waals surface area contributed by atoms with Crippen molar-refractivity contribution >= 4 is 17.9 Å². The molecular formula is C68H109NO8. The van der Waals surface area contributed by atoms with Crippen LogP contribution in [-0.2, 0) is 33.3 Å². The number of hydrogen-bond donors (Lipinski definition) is 0. The van der Waals surface area contributed by atoms with Crippen LogP contribution in [-0.4, -0.2) is 82.3 Å². The topological polar surface area (TPSA) is 111 Å². The Labute approximate surface area is 471 Å². The van der Waals surface area contributed by atoms with Crippen LogP contribution >= 0.6 is 0 Å². The lowest BCUT2D eigenvalue weighted by atomic mass is 10.0. The van der Waals surface area contributed by atoms with E-state index < -0.39 is 24.3 Å². The van der Waals surface area contributed by atoms with E-state index in [1.54, 1.807) is 0 Å². The molecule has 9 nitrogen and oxygen atoms in total. The number of unbranched alkanes of at least 4 members (excludes halogenated alkanes) is 14. The number of esters is 2. The molecule has 0 aromatic rings. The second-order valence-corrected chi connectivity index (χ2v) is 20.5. The molecule has 0 aromatic carbocycles. The molecule has 0 rings (SSSR count). The van der Waals surface area contributed by atoms with E-state index in [9.17, 15) is 19.5 Å².